The van der Waals surface area contributed by atoms with Gasteiger partial charge < -0.3 is 15.1 Å². The summed E-state index contributed by atoms with van der Waals surface area (Å²) >= 11 is 0. The second-order valence-corrected chi connectivity index (χ2v) is 5.61. The molecule has 1 saturated heterocycles. The summed E-state index contributed by atoms with van der Waals surface area (Å²) in [6.45, 7) is 4.90. The SMILES string of the molecule is Cc1ccc(CN(C)C(CN)CC(=O)N2CCCC2)o1. The number of furan rings is 1. The summed E-state index contributed by atoms with van der Waals surface area (Å²) in [6.07, 6.45) is 2.74. The molecule has 0 radical (unpaired) electrons. The summed E-state index contributed by atoms with van der Waals surface area (Å²) in [7, 11) is 1.99. The second-order valence-electron chi connectivity index (χ2n) is 5.61. The molecule has 0 bridgehead atoms. The quantitative estimate of drug-likeness (QED) is 0.854. The minimum atomic E-state index is 0.0634. The van der Waals surface area contributed by atoms with Gasteiger partial charge in [-0.25, -0.2) is 0 Å². The van der Waals surface area contributed by atoms with Crippen LogP contribution < -0.4 is 5.73 Å². The van der Waals surface area contributed by atoms with E-state index in [4.69, 9.17) is 10.2 Å². The summed E-state index contributed by atoms with van der Waals surface area (Å²) < 4.78 is 5.58. The number of amides is 1. The van der Waals surface area contributed by atoms with Crippen LogP contribution in [0.5, 0.6) is 0 Å². The first kappa shape index (κ1) is 15.1. The average molecular weight is 279 g/mol. The highest BCUT2D eigenvalue weighted by Gasteiger charge is 2.23. The Morgan fingerprint density at radius 3 is 2.70 bits per heavy atom. The van der Waals surface area contributed by atoms with Gasteiger partial charge in [0.2, 0.25) is 5.91 Å². The predicted octanol–water partition coefficient (Wildman–Crippen LogP) is 1.36. The monoisotopic (exact) mass is 279 g/mol. The van der Waals surface area contributed by atoms with Crippen LogP contribution in [0.15, 0.2) is 16.5 Å². The first-order chi connectivity index (χ1) is 9.60. The summed E-state index contributed by atoms with van der Waals surface area (Å²) in [5.41, 5.74) is 5.84. The van der Waals surface area contributed by atoms with Crippen LogP contribution in [0.1, 0.15) is 30.8 Å². The van der Waals surface area contributed by atoms with Crippen LogP contribution in [0.2, 0.25) is 0 Å². The number of hydrogen-bond donors (Lipinski definition) is 1. The molecule has 1 fully saturated rings. The highest BCUT2D eigenvalue weighted by molar-refractivity contribution is 5.77. The van der Waals surface area contributed by atoms with Crippen molar-refractivity contribution in [3.8, 4) is 0 Å². The number of carbonyl (C=O) groups excluding carboxylic acids is 1. The van der Waals surface area contributed by atoms with Crippen LogP contribution in [-0.4, -0.2) is 48.4 Å². The molecule has 1 amide bonds. The molecule has 2 heterocycles. The maximum atomic E-state index is 12.2. The van der Waals surface area contributed by atoms with Gasteiger partial charge >= 0.3 is 0 Å². The summed E-state index contributed by atoms with van der Waals surface area (Å²) in [4.78, 5) is 16.3. The third kappa shape index (κ3) is 3.84. The summed E-state index contributed by atoms with van der Waals surface area (Å²) in [5, 5.41) is 0. The van der Waals surface area contributed by atoms with Crippen molar-refractivity contribution in [1.82, 2.24) is 9.80 Å². The summed E-state index contributed by atoms with van der Waals surface area (Å²) in [5.74, 6) is 2.04. The molecule has 0 aromatic carbocycles. The standard InChI is InChI=1S/C15H25N3O2/c1-12-5-6-14(20-12)11-17(2)13(10-16)9-15(19)18-7-3-4-8-18/h5-6,13H,3-4,7-11,16H2,1-2H3. The molecule has 112 valence electrons. The van der Waals surface area contributed by atoms with Gasteiger partial charge in [-0.1, -0.05) is 0 Å². The Morgan fingerprint density at radius 1 is 1.45 bits per heavy atom. The van der Waals surface area contributed by atoms with Gasteiger partial charge in [0, 0.05) is 32.1 Å². The fourth-order valence-electron chi connectivity index (χ4n) is 2.66. The van der Waals surface area contributed by atoms with E-state index in [1.165, 1.54) is 0 Å². The van der Waals surface area contributed by atoms with Crippen LogP contribution in [-0.2, 0) is 11.3 Å². The molecule has 1 atom stereocenters. The van der Waals surface area contributed by atoms with Gasteiger partial charge in [0.05, 0.1) is 6.54 Å². The first-order valence-corrected chi connectivity index (χ1v) is 7.33. The predicted molar refractivity (Wildman–Crippen MR) is 78.2 cm³/mol. The third-order valence-corrected chi connectivity index (χ3v) is 3.97. The van der Waals surface area contributed by atoms with E-state index < -0.39 is 0 Å². The van der Waals surface area contributed by atoms with E-state index in [1.54, 1.807) is 0 Å². The van der Waals surface area contributed by atoms with E-state index in [0.717, 1.165) is 37.5 Å². The molecule has 1 aromatic rings. The zero-order valence-corrected chi connectivity index (χ0v) is 12.5. The molecule has 5 nitrogen and oxygen atoms in total. The number of hydrogen-bond acceptors (Lipinski definition) is 4. The van der Waals surface area contributed by atoms with Crippen molar-refractivity contribution in [3.05, 3.63) is 23.7 Å². The lowest BCUT2D eigenvalue weighted by molar-refractivity contribution is -0.131. The maximum absolute atomic E-state index is 12.2. The zero-order chi connectivity index (χ0) is 14.5. The van der Waals surface area contributed by atoms with E-state index >= 15 is 0 Å². The minimum Gasteiger partial charge on any atom is -0.465 e. The highest BCUT2D eigenvalue weighted by atomic mass is 16.3. The van der Waals surface area contributed by atoms with Gasteiger partial charge in [-0.2, -0.15) is 0 Å². The molecule has 0 saturated carbocycles. The molecule has 1 aromatic heterocycles. The molecule has 5 heteroatoms. The van der Waals surface area contributed by atoms with Crippen molar-refractivity contribution in [2.75, 3.05) is 26.7 Å². The number of aryl methyl sites for hydroxylation is 1. The van der Waals surface area contributed by atoms with E-state index in [0.29, 0.717) is 19.5 Å². The van der Waals surface area contributed by atoms with Gasteiger partial charge in [-0.3, -0.25) is 9.69 Å². The molecule has 0 spiro atoms. The van der Waals surface area contributed by atoms with Gasteiger partial charge in [0.25, 0.3) is 0 Å². The van der Waals surface area contributed by atoms with Gasteiger partial charge in [0.1, 0.15) is 11.5 Å². The van der Waals surface area contributed by atoms with E-state index in [-0.39, 0.29) is 11.9 Å². The third-order valence-electron chi connectivity index (χ3n) is 3.97. The Morgan fingerprint density at radius 2 is 2.15 bits per heavy atom. The Balaban J connectivity index is 1.88. The maximum Gasteiger partial charge on any atom is 0.224 e. The fourth-order valence-corrected chi connectivity index (χ4v) is 2.66. The molecule has 1 aliphatic heterocycles. The largest absolute Gasteiger partial charge is 0.465 e. The molecule has 1 unspecified atom stereocenters. The highest BCUT2D eigenvalue weighted by Crippen LogP contribution is 2.14. The Bertz CT molecular complexity index is 438. The molecular formula is C15H25N3O2. The average Bonchev–Trinajstić information content (AvgIpc) is 3.07. The van der Waals surface area contributed by atoms with Crippen molar-refractivity contribution in [3.63, 3.8) is 0 Å². The van der Waals surface area contributed by atoms with Crippen LogP contribution in [0.3, 0.4) is 0 Å². The van der Waals surface area contributed by atoms with Crippen LogP contribution in [0.25, 0.3) is 0 Å². The molecule has 2 N–H and O–H groups in total. The minimum absolute atomic E-state index is 0.0634. The van der Waals surface area contributed by atoms with Crippen molar-refractivity contribution in [2.45, 2.75) is 38.8 Å². The molecule has 0 aliphatic carbocycles. The number of likely N-dealkylation sites (N-methyl/N-ethyl adjacent to an activating group) is 1. The summed E-state index contributed by atoms with van der Waals surface area (Å²) in [6, 6.07) is 3.99. The Kier molecular flexibility index (Phi) is 5.20. The molecule has 1 aliphatic rings. The van der Waals surface area contributed by atoms with Crippen molar-refractivity contribution in [1.29, 1.82) is 0 Å². The van der Waals surface area contributed by atoms with Crippen molar-refractivity contribution >= 4 is 5.91 Å². The lowest BCUT2D eigenvalue weighted by atomic mass is 10.1. The number of nitrogens with zero attached hydrogens (tertiary/aromatic N) is 2. The van der Waals surface area contributed by atoms with Gasteiger partial charge in [-0.05, 0) is 38.9 Å². The topological polar surface area (TPSA) is 62.7 Å². The number of likely N-dealkylation sites (tertiary alicyclic amines) is 1. The van der Waals surface area contributed by atoms with Crippen molar-refractivity contribution < 1.29 is 9.21 Å². The van der Waals surface area contributed by atoms with E-state index in [9.17, 15) is 4.79 Å². The van der Waals surface area contributed by atoms with Crippen LogP contribution >= 0.6 is 0 Å². The van der Waals surface area contributed by atoms with Crippen LogP contribution in [0, 0.1) is 6.92 Å². The lowest BCUT2D eigenvalue weighted by Gasteiger charge is -2.27. The smallest absolute Gasteiger partial charge is 0.224 e. The van der Waals surface area contributed by atoms with E-state index in [1.807, 2.05) is 31.0 Å². The zero-order valence-electron chi connectivity index (χ0n) is 12.5. The number of nitrogens with two attached hydrogens (primary N) is 1. The van der Waals surface area contributed by atoms with Crippen LogP contribution in [0.4, 0.5) is 0 Å². The second kappa shape index (κ2) is 6.90. The van der Waals surface area contributed by atoms with Gasteiger partial charge in [0.15, 0.2) is 0 Å². The Labute approximate surface area is 120 Å². The van der Waals surface area contributed by atoms with Crippen molar-refractivity contribution in [2.24, 2.45) is 5.73 Å². The lowest BCUT2D eigenvalue weighted by Crippen LogP contribution is -2.42. The normalized spacial score (nSPS) is 16.9. The van der Waals surface area contributed by atoms with E-state index in [2.05, 4.69) is 4.90 Å². The Hall–Kier alpha value is -1.33. The van der Waals surface area contributed by atoms with Gasteiger partial charge in [-0.15, -0.1) is 0 Å². The molecule has 20 heavy (non-hydrogen) atoms. The molecular weight excluding hydrogens is 254 g/mol. The molecule has 2 rings (SSSR count). The number of carbonyl (C=O) groups is 1. The fraction of sp³-hybridized carbons (Fsp3) is 0.667. The first-order valence-electron chi connectivity index (χ1n) is 7.33. The number of rotatable bonds is 6.